The standard InChI is InChI=1S/C28H30BrN3O5/c1-4-14-36-25-12-8-20(16-26(25)35-5-2)28(34)32-30-17-21-15-22(29)9-13-24(21)37-18-27(33)31-23-10-6-19(3)7-11-23/h6-13,15-17H,4-5,14,18H2,1-3H3,(H,31,33)(H,32,34)/b30-17+. The minimum atomic E-state index is -0.408. The maximum absolute atomic E-state index is 12.7. The summed E-state index contributed by atoms with van der Waals surface area (Å²) in [6.45, 7) is 6.67. The minimum Gasteiger partial charge on any atom is -0.490 e. The third-order valence-electron chi connectivity index (χ3n) is 5.00. The molecule has 37 heavy (non-hydrogen) atoms. The van der Waals surface area contributed by atoms with Crippen molar-refractivity contribution in [3.63, 3.8) is 0 Å². The number of carbonyl (C=O) groups excluding carboxylic acids is 2. The zero-order valence-electron chi connectivity index (χ0n) is 21.0. The first-order chi connectivity index (χ1) is 17.9. The Bertz CT molecular complexity index is 1250. The van der Waals surface area contributed by atoms with Crippen LogP contribution in [0.15, 0.2) is 70.2 Å². The van der Waals surface area contributed by atoms with E-state index in [9.17, 15) is 9.59 Å². The second-order valence-electron chi connectivity index (χ2n) is 8.03. The summed E-state index contributed by atoms with van der Waals surface area (Å²) in [6, 6.07) is 17.8. The zero-order chi connectivity index (χ0) is 26.6. The lowest BCUT2D eigenvalue weighted by Gasteiger charge is -2.12. The van der Waals surface area contributed by atoms with E-state index in [2.05, 4.69) is 31.8 Å². The topological polar surface area (TPSA) is 98.3 Å². The minimum absolute atomic E-state index is 0.185. The Morgan fingerprint density at radius 1 is 0.919 bits per heavy atom. The fourth-order valence-corrected chi connectivity index (χ4v) is 3.58. The molecule has 0 aromatic heterocycles. The molecule has 0 atom stereocenters. The van der Waals surface area contributed by atoms with Crippen molar-refractivity contribution < 1.29 is 23.8 Å². The molecule has 0 fully saturated rings. The van der Waals surface area contributed by atoms with E-state index in [0.717, 1.165) is 16.5 Å². The number of amides is 2. The monoisotopic (exact) mass is 567 g/mol. The van der Waals surface area contributed by atoms with Crippen LogP contribution in [0.5, 0.6) is 17.2 Å². The molecule has 3 aromatic rings. The largest absolute Gasteiger partial charge is 0.490 e. The van der Waals surface area contributed by atoms with Gasteiger partial charge in [0.1, 0.15) is 5.75 Å². The summed E-state index contributed by atoms with van der Waals surface area (Å²) < 4.78 is 17.8. The van der Waals surface area contributed by atoms with Crippen molar-refractivity contribution in [3.05, 3.63) is 81.8 Å². The van der Waals surface area contributed by atoms with Crippen LogP contribution in [0.25, 0.3) is 0 Å². The molecule has 8 nitrogen and oxygen atoms in total. The summed E-state index contributed by atoms with van der Waals surface area (Å²) in [5, 5.41) is 6.86. The van der Waals surface area contributed by atoms with E-state index in [4.69, 9.17) is 14.2 Å². The summed E-state index contributed by atoms with van der Waals surface area (Å²) in [5.41, 5.74) is 5.27. The lowest BCUT2D eigenvalue weighted by molar-refractivity contribution is -0.118. The summed E-state index contributed by atoms with van der Waals surface area (Å²) in [5.74, 6) is 0.829. The Hall–Kier alpha value is -3.85. The lowest BCUT2D eigenvalue weighted by Crippen LogP contribution is -2.20. The molecule has 0 radical (unpaired) electrons. The van der Waals surface area contributed by atoms with Crippen LogP contribution in [0, 0.1) is 6.92 Å². The predicted octanol–water partition coefficient (Wildman–Crippen LogP) is 5.73. The summed E-state index contributed by atoms with van der Waals surface area (Å²) in [7, 11) is 0. The molecule has 0 unspecified atom stereocenters. The number of benzene rings is 3. The Kier molecular flexibility index (Phi) is 10.5. The molecule has 0 saturated carbocycles. The summed E-state index contributed by atoms with van der Waals surface area (Å²) in [4.78, 5) is 25.0. The van der Waals surface area contributed by atoms with Crippen molar-refractivity contribution in [2.24, 2.45) is 5.10 Å². The summed E-state index contributed by atoms with van der Waals surface area (Å²) >= 11 is 3.42. The summed E-state index contributed by atoms with van der Waals surface area (Å²) in [6.07, 6.45) is 2.32. The van der Waals surface area contributed by atoms with E-state index in [-0.39, 0.29) is 12.5 Å². The quantitative estimate of drug-likeness (QED) is 0.215. The first-order valence-electron chi connectivity index (χ1n) is 11.9. The van der Waals surface area contributed by atoms with Crippen LogP contribution >= 0.6 is 15.9 Å². The van der Waals surface area contributed by atoms with Gasteiger partial charge in [-0.15, -0.1) is 0 Å². The molecule has 3 aromatic carbocycles. The van der Waals surface area contributed by atoms with Gasteiger partial charge < -0.3 is 19.5 Å². The van der Waals surface area contributed by atoms with Crippen LogP contribution in [0.1, 0.15) is 41.8 Å². The number of halogens is 1. The second-order valence-corrected chi connectivity index (χ2v) is 8.94. The first kappa shape index (κ1) is 27.7. The van der Waals surface area contributed by atoms with Crippen LogP contribution in [-0.2, 0) is 4.79 Å². The zero-order valence-corrected chi connectivity index (χ0v) is 22.6. The van der Waals surface area contributed by atoms with Gasteiger partial charge in [-0.25, -0.2) is 5.43 Å². The highest BCUT2D eigenvalue weighted by molar-refractivity contribution is 9.10. The molecule has 3 rings (SSSR count). The Morgan fingerprint density at radius 2 is 1.68 bits per heavy atom. The highest BCUT2D eigenvalue weighted by Crippen LogP contribution is 2.29. The number of aryl methyl sites for hydroxylation is 1. The average molecular weight is 568 g/mol. The Balaban J connectivity index is 1.63. The van der Waals surface area contributed by atoms with Crippen LogP contribution in [0.3, 0.4) is 0 Å². The Morgan fingerprint density at radius 3 is 2.41 bits per heavy atom. The second kappa shape index (κ2) is 14.0. The highest BCUT2D eigenvalue weighted by atomic mass is 79.9. The smallest absolute Gasteiger partial charge is 0.271 e. The van der Waals surface area contributed by atoms with Gasteiger partial charge in [0, 0.05) is 21.3 Å². The highest BCUT2D eigenvalue weighted by Gasteiger charge is 2.12. The third-order valence-corrected chi connectivity index (χ3v) is 5.50. The molecule has 2 N–H and O–H groups in total. The number of nitrogens with zero attached hydrogens (tertiary/aromatic N) is 1. The fraction of sp³-hybridized carbons (Fsp3) is 0.250. The maximum Gasteiger partial charge on any atom is 0.271 e. The van der Waals surface area contributed by atoms with Crippen molar-refractivity contribution in [2.45, 2.75) is 27.2 Å². The maximum atomic E-state index is 12.7. The van der Waals surface area contributed by atoms with E-state index in [1.807, 2.05) is 45.0 Å². The van der Waals surface area contributed by atoms with Crippen molar-refractivity contribution in [1.82, 2.24) is 5.43 Å². The molecule has 0 saturated heterocycles. The van der Waals surface area contributed by atoms with E-state index in [1.54, 1.807) is 36.4 Å². The number of hydrogen-bond donors (Lipinski definition) is 2. The van der Waals surface area contributed by atoms with Crippen molar-refractivity contribution in [3.8, 4) is 17.2 Å². The van der Waals surface area contributed by atoms with Crippen molar-refractivity contribution in [2.75, 3.05) is 25.1 Å². The van der Waals surface area contributed by atoms with Gasteiger partial charge >= 0.3 is 0 Å². The van der Waals surface area contributed by atoms with Gasteiger partial charge in [-0.2, -0.15) is 5.10 Å². The molecular formula is C28H30BrN3O5. The average Bonchev–Trinajstić information content (AvgIpc) is 2.89. The van der Waals surface area contributed by atoms with E-state index >= 15 is 0 Å². The number of hydrazone groups is 1. The molecule has 0 spiro atoms. The number of nitrogens with one attached hydrogen (secondary N) is 2. The number of anilines is 1. The SMILES string of the molecule is CCCOc1ccc(C(=O)N/N=C/c2cc(Br)ccc2OCC(=O)Nc2ccc(C)cc2)cc1OCC. The van der Waals surface area contributed by atoms with Gasteiger partial charge in [0.25, 0.3) is 11.8 Å². The van der Waals surface area contributed by atoms with E-state index in [0.29, 0.717) is 47.3 Å². The molecule has 0 heterocycles. The number of rotatable bonds is 12. The molecular weight excluding hydrogens is 538 g/mol. The first-order valence-corrected chi connectivity index (χ1v) is 12.7. The van der Waals surface area contributed by atoms with Gasteiger partial charge in [-0.05, 0) is 68.8 Å². The van der Waals surface area contributed by atoms with Gasteiger partial charge in [-0.1, -0.05) is 40.5 Å². The normalized spacial score (nSPS) is 10.7. The number of hydrogen-bond acceptors (Lipinski definition) is 6. The fourth-order valence-electron chi connectivity index (χ4n) is 3.20. The molecule has 0 aliphatic rings. The van der Waals surface area contributed by atoms with E-state index in [1.165, 1.54) is 6.21 Å². The van der Waals surface area contributed by atoms with Crippen LogP contribution in [-0.4, -0.2) is 37.8 Å². The van der Waals surface area contributed by atoms with Gasteiger partial charge in [0.2, 0.25) is 0 Å². The molecule has 0 aliphatic heterocycles. The van der Waals surface area contributed by atoms with Crippen LogP contribution in [0.2, 0.25) is 0 Å². The lowest BCUT2D eigenvalue weighted by atomic mass is 10.2. The molecule has 0 aliphatic carbocycles. The van der Waals surface area contributed by atoms with Crippen molar-refractivity contribution >= 4 is 39.6 Å². The third kappa shape index (κ3) is 8.64. The van der Waals surface area contributed by atoms with Crippen LogP contribution in [0.4, 0.5) is 5.69 Å². The van der Waals surface area contributed by atoms with Gasteiger partial charge in [0.15, 0.2) is 18.1 Å². The molecule has 194 valence electrons. The van der Waals surface area contributed by atoms with Gasteiger partial charge in [0.05, 0.1) is 19.4 Å². The van der Waals surface area contributed by atoms with Crippen LogP contribution < -0.4 is 25.0 Å². The predicted molar refractivity (Wildman–Crippen MR) is 148 cm³/mol. The van der Waals surface area contributed by atoms with Gasteiger partial charge in [-0.3, -0.25) is 9.59 Å². The number of ether oxygens (including phenoxy) is 3. The molecule has 2 amide bonds. The Labute approximate surface area is 225 Å². The molecule has 9 heteroatoms. The molecule has 0 bridgehead atoms. The number of carbonyl (C=O) groups is 2. The van der Waals surface area contributed by atoms with E-state index < -0.39 is 5.91 Å². The van der Waals surface area contributed by atoms with Crippen molar-refractivity contribution in [1.29, 1.82) is 0 Å².